The van der Waals surface area contributed by atoms with Crippen molar-refractivity contribution in [1.82, 2.24) is 5.32 Å². The molecule has 0 fully saturated rings. The largest absolute Gasteiger partial charge is 0.329 e. The summed E-state index contributed by atoms with van der Waals surface area (Å²) in [7, 11) is 0. The molecule has 0 aliphatic carbocycles. The number of hydrogen-bond donors (Lipinski definition) is 2. The molecule has 0 radical (unpaired) electrons. The molecule has 0 spiro atoms. The number of nitrogens with one attached hydrogen (secondary N) is 1. The Hall–Kier alpha value is -0.930. The van der Waals surface area contributed by atoms with Gasteiger partial charge in [0.15, 0.2) is 0 Å². The Morgan fingerprint density at radius 2 is 1.94 bits per heavy atom. The summed E-state index contributed by atoms with van der Waals surface area (Å²) in [5.74, 6) is 0.504. The van der Waals surface area contributed by atoms with Crippen LogP contribution in [-0.4, -0.2) is 13.1 Å². The predicted octanol–water partition coefficient (Wildman–Crippen LogP) is 3.16. The number of benzene rings is 1. The lowest BCUT2D eigenvalue weighted by atomic mass is 10.0. The summed E-state index contributed by atoms with van der Waals surface area (Å²) < 4.78 is 13.5. The predicted molar refractivity (Wildman–Crippen MR) is 75.0 cm³/mol. The fraction of sp³-hybridized carbons (Fsp3) is 0.600. The molecule has 1 aromatic carbocycles. The summed E-state index contributed by atoms with van der Waals surface area (Å²) >= 11 is 0. The summed E-state index contributed by atoms with van der Waals surface area (Å²) in [4.78, 5) is 0. The van der Waals surface area contributed by atoms with Gasteiger partial charge < -0.3 is 11.1 Å². The van der Waals surface area contributed by atoms with Crippen molar-refractivity contribution in [3.8, 4) is 0 Å². The van der Waals surface area contributed by atoms with E-state index in [-0.39, 0.29) is 11.9 Å². The van der Waals surface area contributed by atoms with Crippen LogP contribution in [0.2, 0.25) is 0 Å². The maximum absolute atomic E-state index is 13.5. The second-order valence-electron chi connectivity index (χ2n) is 4.89. The highest BCUT2D eigenvalue weighted by Gasteiger charge is 2.12. The third-order valence-corrected chi connectivity index (χ3v) is 3.64. The normalized spacial score (nSPS) is 13.0. The number of nitrogens with two attached hydrogens (primary N) is 1. The van der Waals surface area contributed by atoms with Crippen molar-refractivity contribution in [2.24, 2.45) is 11.7 Å². The van der Waals surface area contributed by atoms with Crippen LogP contribution in [0.25, 0.3) is 0 Å². The van der Waals surface area contributed by atoms with Crippen molar-refractivity contribution < 1.29 is 4.39 Å². The minimum Gasteiger partial charge on any atom is -0.329 e. The van der Waals surface area contributed by atoms with E-state index in [0.717, 1.165) is 24.9 Å². The van der Waals surface area contributed by atoms with Crippen molar-refractivity contribution in [3.05, 3.63) is 35.1 Å². The minimum atomic E-state index is -0.157. The zero-order chi connectivity index (χ0) is 13.5. The van der Waals surface area contributed by atoms with Crippen LogP contribution in [0.3, 0.4) is 0 Å². The summed E-state index contributed by atoms with van der Waals surface area (Å²) in [5.41, 5.74) is 7.39. The molecule has 1 aromatic rings. The Labute approximate surface area is 110 Å². The Morgan fingerprint density at radius 3 is 2.44 bits per heavy atom. The Morgan fingerprint density at radius 1 is 1.28 bits per heavy atom. The maximum atomic E-state index is 13.5. The van der Waals surface area contributed by atoms with Gasteiger partial charge in [-0.3, -0.25) is 0 Å². The molecule has 0 saturated heterocycles. The molecule has 3 N–H and O–H groups in total. The average Bonchev–Trinajstić information content (AvgIpc) is 2.38. The molecule has 0 aliphatic heterocycles. The first-order valence-corrected chi connectivity index (χ1v) is 6.81. The van der Waals surface area contributed by atoms with Gasteiger partial charge in [-0.2, -0.15) is 0 Å². The summed E-state index contributed by atoms with van der Waals surface area (Å²) in [6, 6.07) is 5.40. The van der Waals surface area contributed by atoms with Crippen LogP contribution in [-0.2, 0) is 0 Å². The van der Waals surface area contributed by atoms with Gasteiger partial charge in [0.25, 0.3) is 0 Å². The molecule has 18 heavy (non-hydrogen) atoms. The van der Waals surface area contributed by atoms with Crippen molar-refractivity contribution >= 4 is 0 Å². The zero-order valence-electron chi connectivity index (χ0n) is 11.7. The van der Waals surface area contributed by atoms with Gasteiger partial charge in [-0.05, 0) is 36.6 Å². The van der Waals surface area contributed by atoms with Crippen LogP contribution in [0.5, 0.6) is 0 Å². The number of halogens is 1. The van der Waals surface area contributed by atoms with Crippen LogP contribution in [0.4, 0.5) is 4.39 Å². The topological polar surface area (TPSA) is 38.0 Å². The van der Waals surface area contributed by atoms with E-state index in [2.05, 4.69) is 19.2 Å². The number of hydrogen-bond acceptors (Lipinski definition) is 2. The first kappa shape index (κ1) is 15.1. The van der Waals surface area contributed by atoms with Crippen LogP contribution in [0.1, 0.15) is 43.9 Å². The van der Waals surface area contributed by atoms with Gasteiger partial charge in [-0.25, -0.2) is 4.39 Å². The van der Waals surface area contributed by atoms with Gasteiger partial charge in [-0.15, -0.1) is 0 Å². The van der Waals surface area contributed by atoms with Crippen molar-refractivity contribution in [3.63, 3.8) is 0 Å². The molecule has 0 aliphatic rings. The van der Waals surface area contributed by atoms with Gasteiger partial charge in [0.1, 0.15) is 5.82 Å². The first-order chi connectivity index (χ1) is 8.62. The molecule has 0 bridgehead atoms. The Bertz CT molecular complexity index is 362. The van der Waals surface area contributed by atoms with Crippen molar-refractivity contribution in [1.29, 1.82) is 0 Å². The molecule has 102 valence electrons. The third kappa shape index (κ3) is 4.07. The summed E-state index contributed by atoms with van der Waals surface area (Å²) in [6.07, 6.45) is 2.31. The smallest absolute Gasteiger partial charge is 0.126 e. The van der Waals surface area contributed by atoms with Gasteiger partial charge in [-0.1, -0.05) is 38.8 Å². The molecule has 3 heteroatoms. The molecule has 2 nitrogen and oxygen atoms in total. The standard InChI is InChI=1S/C15H25FN2/c1-4-12(5-2)10-18-15(9-17)13-7-6-11(3)14(16)8-13/h6-8,12,15,18H,4-5,9-10,17H2,1-3H3. The highest BCUT2D eigenvalue weighted by Crippen LogP contribution is 2.17. The fourth-order valence-corrected chi connectivity index (χ4v) is 2.05. The molecule has 1 unspecified atom stereocenters. The molecule has 1 atom stereocenters. The Balaban J connectivity index is 2.67. The van der Waals surface area contributed by atoms with E-state index < -0.39 is 0 Å². The van der Waals surface area contributed by atoms with E-state index in [1.54, 1.807) is 13.0 Å². The highest BCUT2D eigenvalue weighted by atomic mass is 19.1. The number of rotatable bonds is 7. The average molecular weight is 252 g/mol. The number of aryl methyl sites for hydroxylation is 1. The van der Waals surface area contributed by atoms with Crippen LogP contribution in [0.15, 0.2) is 18.2 Å². The zero-order valence-corrected chi connectivity index (χ0v) is 11.7. The molecular formula is C15H25FN2. The van der Waals surface area contributed by atoms with E-state index in [1.165, 1.54) is 0 Å². The molecule has 0 heterocycles. The minimum absolute atomic E-state index is 0.0423. The molecular weight excluding hydrogens is 227 g/mol. The molecule has 1 rings (SSSR count). The SMILES string of the molecule is CCC(CC)CNC(CN)c1ccc(C)c(F)c1. The van der Waals surface area contributed by atoms with E-state index in [0.29, 0.717) is 18.0 Å². The Kier molecular flexibility index (Phi) is 6.30. The third-order valence-electron chi connectivity index (χ3n) is 3.64. The summed E-state index contributed by atoms with van der Waals surface area (Å²) in [6.45, 7) is 7.58. The fourth-order valence-electron chi connectivity index (χ4n) is 2.05. The lowest BCUT2D eigenvalue weighted by molar-refractivity contribution is 0.413. The second kappa shape index (κ2) is 7.49. The van der Waals surface area contributed by atoms with E-state index >= 15 is 0 Å². The quantitative estimate of drug-likeness (QED) is 0.782. The van der Waals surface area contributed by atoms with Gasteiger partial charge in [0.05, 0.1) is 0 Å². The van der Waals surface area contributed by atoms with Gasteiger partial charge >= 0.3 is 0 Å². The first-order valence-electron chi connectivity index (χ1n) is 6.81. The second-order valence-corrected chi connectivity index (χ2v) is 4.89. The van der Waals surface area contributed by atoms with Gasteiger partial charge in [0.2, 0.25) is 0 Å². The van der Waals surface area contributed by atoms with Crippen molar-refractivity contribution in [2.75, 3.05) is 13.1 Å². The van der Waals surface area contributed by atoms with E-state index in [9.17, 15) is 4.39 Å². The summed E-state index contributed by atoms with van der Waals surface area (Å²) in [5, 5.41) is 3.44. The molecule has 0 saturated carbocycles. The van der Waals surface area contributed by atoms with Crippen LogP contribution >= 0.6 is 0 Å². The van der Waals surface area contributed by atoms with Gasteiger partial charge in [0, 0.05) is 12.6 Å². The lowest BCUT2D eigenvalue weighted by Crippen LogP contribution is -2.32. The van der Waals surface area contributed by atoms with E-state index in [4.69, 9.17) is 5.73 Å². The maximum Gasteiger partial charge on any atom is 0.126 e. The monoisotopic (exact) mass is 252 g/mol. The van der Waals surface area contributed by atoms with Crippen LogP contribution < -0.4 is 11.1 Å². The highest BCUT2D eigenvalue weighted by molar-refractivity contribution is 5.26. The lowest BCUT2D eigenvalue weighted by Gasteiger charge is -2.21. The molecule has 0 aromatic heterocycles. The van der Waals surface area contributed by atoms with Crippen LogP contribution in [0, 0.1) is 18.7 Å². The van der Waals surface area contributed by atoms with Crippen molar-refractivity contribution in [2.45, 2.75) is 39.7 Å². The van der Waals surface area contributed by atoms with E-state index in [1.807, 2.05) is 12.1 Å². The molecule has 0 amide bonds.